The van der Waals surface area contributed by atoms with Gasteiger partial charge < -0.3 is 14.7 Å². The van der Waals surface area contributed by atoms with Gasteiger partial charge >= 0.3 is 5.97 Å². The Morgan fingerprint density at radius 2 is 2.18 bits per heavy atom. The number of hydrogen-bond donors (Lipinski definition) is 1. The smallest absolute Gasteiger partial charge is 0.341 e. The molecule has 5 nitrogen and oxygen atoms in total. The maximum atomic E-state index is 12.6. The van der Waals surface area contributed by atoms with Crippen molar-refractivity contribution in [2.75, 3.05) is 19.7 Å². The van der Waals surface area contributed by atoms with E-state index in [-0.39, 0.29) is 11.3 Å². The molecule has 1 heterocycles. The van der Waals surface area contributed by atoms with Crippen LogP contribution >= 0.6 is 0 Å². The molecule has 0 aliphatic carbocycles. The molecule has 1 fully saturated rings. The maximum Gasteiger partial charge on any atom is 0.341 e. The molecule has 1 aromatic rings. The van der Waals surface area contributed by atoms with Gasteiger partial charge in [0.15, 0.2) is 6.61 Å². The summed E-state index contributed by atoms with van der Waals surface area (Å²) in [6.45, 7) is 5.51. The van der Waals surface area contributed by atoms with Gasteiger partial charge in [-0.15, -0.1) is 0 Å². The summed E-state index contributed by atoms with van der Waals surface area (Å²) in [5, 5.41) is 8.64. The highest BCUT2D eigenvalue weighted by molar-refractivity contribution is 5.94. The summed E-state index contributed by atoms with van der Waals surface area (Å²) in [5.74, 6) is -0.643. The van der Waals surface area contributed by atoms with Crippen molar-refractivity contribution in [3.05, 3.63) is 29.8 Å². The summed E-state index contributed by atoms with van der Waals surface area (Å²) < 4.78 is 5.14. The number of nitrogens with zero attached hydrogens (tertiary/aromatic N) is 1. The van der Waals surface area contributed by atoms with Gasteiger partial charge in [-0.2, -0.15) is 0 Å². The molecule has 2 rings (SSSR count). The summed E-state index contributed by atoms with van der Waals surface area (Å²) in [6.07, 6.45) is 3.22. The number of carboxylic acid groups (broad SMARTS) is 1. The quantitative estimate of drug-likeness (QED) is 0.908. The van der Waals surface area contributed by atoms with Gasteiger partial charge in [0.2, 0.25) is 0 Å². The van der Waals surface area contributed by atoms with E-state index in [2.05, 4.69) is 13.8 Å². The third-order valence-electron chi connectivity index (χ3n) is 4.37. The number of likely N-dealkylation sites (tertiary alicyclic amines) is 1. The number of carbonyl (C=O) groups excluding carboxylic acids is 1. The molecule has 22 heavy (non-hydrogen) atoms. The number of carbonyl (C=O) groups is 2. The lowest BCUT2D eigenvalue weighted by atomic mass is 9.79. The fourth-order valence-electron chi connectivity index (χ4n) is 2.82. The Hall–Kier alpha value is -2.04. The van der Waals surface area contributed by atoms with Crippen LogP contribution in [-0.2, 0) is 4.79 Å². The molecule has 0 bridgehead atoms. The number of rotatable bonds is 5. The summed E-state index contributed by atoms with van der Waals surface area (Å²) >= 11 is 0. The SMILES string of the molecule is CCC1(C)CCCN(C(=O)c2cccc(OCC(=O)O)c2)C1. The zero-order valence-corrected chi connectivity index (χ0v) is 13.2. The van der Waals surface area contributed by atoms with E-state index >= 15 is 0 Å². The average Bonchev–Trinajstić information content (AvgIpc) is 2.52. The van der Waals surface area contributed by atoms with Crippen LogP contribution in [0.5, 0.6) is 5.75 Å². The van der Waals surface area contributed by atoms with Gasteiger partial charge in [0.1, 0.15) is 5.75 Å². The number of piperidine rings is 1. The molecular formula is C17H23NO4. The normalized spacial score (nSPS) is 21.5. The monoisotopic (exact) mass is 305 g/mol. The molecule has 5 heteroatoms. The zero-order valence-electron chi connectivity index (χ0n) is 13.2. The Morgan fingerprint density at radius 1 is 1.41 bits per heavy atom. The molecular weight excluding hydrogens is 282 g/mol. The van der Waals surface area contributed by atoms with Crippen LogP contribution < -0.4 is 4.74 Å². The van der Waals surface area contributed by atoms with Gasteiger partial charge in [0, 0.05) is 18.7 Å². The van der Waals surface area contributed by atoms with E-state index in [0.29, 0.717) is 11.3 Å². The molecule has 1 aromatic carbocycles. The molecule has 0 aromatic heterocycles. The molecule has 120 valence electrons. The lowest BCUT2D eigenvalue weighted by Gasteiger charge is -2.40. The van der Waals surface area contributed by atoms with Crippen LogP contribution in [0.4, 0.5) is 0 Å². The second-order valence-electron chi connectivity index (χ2n) is 6.20. The van der Waals surface area contributed by atoms with Crippen molar-refractivity contribution >= 4 is 11.9 Å². The first-order chi connectivity index (χ1) is 10.4. The minimum Gasteiger partial charge on any atom is -0.482 e. The Balaban J connectivity index is 2.08. The van der Waals surface area contributed by atoms with Crippen LogP contribution in [0.15, 0.2) is 24.3 Å². The minimum absolute atomic E-state index is 0.0137. The molecule has 0 spiro atoms. The lowest BCUT2D eigenvalue weighted by molar-refractivity contribution is -0.139. The van der Waals surface area contributed by atoms with Crippen molar-refractivity contribution in [1.82, 2.24) is 4.90 Å². The second kappa shape index (κ2) is 6.81. The van der Waals surface area contributed by atoms with Crippen LogP contribution in [0.3, 0.4) is 0 Å². The fraction of sp³-hybridized carbons (Fsp3) is 0.529. The van der Waals surface area contributed by atoms with E-state index in [0.717, 1.165) is 32.4 Å². The minimum atomic E-state index is -1.04. The second-order valence-corrected chi connectivity index (χ2v) is 6.20. The van der Waals surface area contributed by atoms with Crippen molar-refractivity contribution in [3.63, 3.8) is 0 Å². The number of amides is 1. The van der Waals surface area contributed by atoms with E-state index in [9.17, 15) is 9.59 Å². The van der Waals surface area contributed by atoms with Crippen molar-refractivity contribution in [3.8, 4) is 5.75 Å². The molecule has 0 radical (unpaired) electrons. The zero-order chi connectivity index (χ0) is 16.2. The van der Waals surface area contributed by atoms with Crippen molar-refractivity contribution < 1.29 is 19.4 Å². The van der Waals surface area contributed by atoms with Gasteiger partial charge in [0.25, 0.3) is 5.91 Å². The third kappa shape index (κ3) is 4.00. The lowest BCUT2D eigenvalue weighted by Crippen LogP contribution is -2.44. The van der Waals surface area contributed by atoms with Gasteiger partial charge in [0.05, 0.1) is 0 Å². The number of hydrogen-bond acceptors (Lipinski definition) is 3. The molecule has 1 aliphatic rings. The number of ether oxygens (including phenoxy) is 1. The molecule has 1 amide bonds. The molecule has 1 saturated heterocycles. The highest BCUT2D eigenvalue weighted by atomic mass is 16.5. The van der Waals surface area contributed by atoms with Crippen molar-refractivity contribution in [2.24, 2.45) is 5.41 Å². The Bertz CT molecular complexity index is 557. The van der Waals surface area contributed by atoms with Crippen LogP contribution in [0.1, 0.15) is 43.5 Å². The van der Waals surface area contributed by atoms with Crippen LogP contribution in [0, 0.1) is 5.41 Å². The van der Waals surface area contributed by atoms with E-state index in [1.807, 2.05) is 4.90 Å². The van der Waals surface area contributed by atoms with E-state index in [1.54, 1.807) is 24.3 Å². The summed E-state index contributed by atoms with van der Waals surface area (Å²) in [4.78, 5) is 25.1. The van der Waals surface area contributed by atoms with E-state index in [4.69, 9.17) is 9.84 Å². The molecule has 1 N–H and O–H groups in total. The fourth-order valence-corrected chi connectivity index (χ4v) is 2.82. The largest absolute Gasteiger partial charge is 0.482 e. The number of carboxylic acids is 1. The van der Waals surface area contributed by atoms with E-state index < -0.39 is 12.6 Å². The average molecular weight is 305 g/mol. The summed E-state index contributed by atoms with van der Waals surface area (Å²) in [7, 11) is 0. The third-order valence-corrected chi connectivity index (χ3v) is 4.37. The molecule has 1 atom stereocenters. The van der Waals surface area contributed by atoms with Crippen LogP contribution in [0.25, 0.3) is 0 Å². The van der Waals surface area contributed by atoms with Crippen LogP contribution in [-0.4, -0.2) is 41.6 Å². The predicted molar refractivity (Wildman–Crippen MR) is 83.1 cm³/mol. The van der Waals surface area contributed by atoms with Gasteiger partial charge in [-0.1, -0.05) is 19.9 Å². The highest BCUT2D eigenvalue weighted by Crippen LogP contribution is 2.33. The first-order valence-electron chi connectivity index (χ1n) is 7.67. The molecule has 1 aliphatic heterocycles. The number of benzene rings is 1. The first-order valence-corrected chi connectivity index (χ1v) is 7.67. The summed E-state index contributed by atoms with van der Waals surface area (Å²) in [6, 6.07) is 6.73. The van der Waals surface area contributed by atoms with Crippen LogP contribution in [0.2, 0.25) is 0 Å². The molecule has 1 unspecified atom stereocenters. The Morgan fingerprint density at radius 3 is 2.86 bits per heavy atom. The summed E-state index contributed by atoms with van der Waals surface area (Å²) in [5.41, 5.74) is 0.731. The molecule has 0 saturated carbocycles. The Labute approximate surface area is 130 Å². The van der Waals surface area contributed by atoms with Gasteiger partial charge in [-0.05, 0) is 42.9 Å². The van der Waals surface area contributed by atoms with E-state index in [1.165, 1.54) is 0 Å². The first kappa shape index (κ1) is 16.3. The standard InChI is InChI=1S/C17H23NO4/c1-3-17(2)8-5-9-18(12-17)16(21)13-6-4-7-14(10-13)22-11-15(19)20/h4,6-7,10H,3,5,8-9,11-12H2,1-2H3,(H,19,20). The predicted octanol–water partition coefficient (Wildman–Crippen LogP) is 2.80. The highest BCUT2D eigenvalue weighted by Gasteiger charge is 2.31. The maximum absolute atomic E-state index is 12.6. The number of aliphatic carboxylic acids is 1. The topological polar surface area (TPSA) is 66.8 Å². The van der Waals surface area contributed by atoms with Crippen molar-refractivity contribution in [2.45, 2.75) is 33.1 Å². The van der Waals surface area contributed by atoms with Gasteiger partial charge in [-0.25, -0.2) is 4.79 Å². The van der Waals surface area contributed by atoms with Gasteiger partial charge in [-0.3, -0.25) is 4.79 Å². The Kier molecular flexibility index (Phi) is 5.06. The van der Waals surface area contributed by atoms with Crippen molar-refractivity contribution in [1.29, 1.82) is 0 Å².